The van der Waals surface area contributed by atoms with Gasteiger partial charge < -0.3 is 14.1 Å². The number of rotatable bonds is 6. The van der Waals surface area contributed by atoms with Crippen LogP contribution in [0, 0.1) is 0 Å². The molecule has 2 aromatic carbocycles. The molecule has 2 atom stereocenters. The Kier molecular flexibility index (Phi) is 5.58. The van der Waals surface area contributed by atoms with Crippen molar-refractivity contribution in [2.75, 3.05) is 11.5 Å². The summed E-state index contributed by atoms with van der Waals surface area (Å²) in [6, 6.07) is 15.7. The van der Waals surface area contributed by atoms with Crippen molar-refractivity contribution in [3.63, 3.8) is 0 Å². The second-order valence-electron chi connectivity index (χ2n) is 6.95. The molecule has 0 saturated carbocycles. The number of benzene rings is 2. The fourth-order valence-electron chi connectivity index (χ4n) is 3.59. The van der Waals surface area contributed by atoms with Gasteiger partial charge in [0.25, 0.3) is 11.1 Å². The first-order chi connectivity index (χ1) is 14.1. The summed E-state index contributed by atoms with van der Waals surface area (Å²) >= 11 is 1.28. The molecule has 150 valence electrons. The standard InChI is InChI=1S/C22H23N3O3S/c1-4-27-19-12-8-6-10-17(19)20-23-24-22(28-20)29-15(3)21(26)25-14(2)13-16-9-5-7-11-18(16)25/h5-12,14-15H,4,13H2,1-3H3. The number of nitrogens with zero attached hydrogens (tertiary/aromatic N) is 3. The van der Waals surface area contributed by atoms with E-state index in [1.54, 1.807) is 0 Å². The molecule has 0 aliphatic carbocycles. The monoisotopic (exact) mass is 409 g/mol. The Hall–Kier alpha value is -2.80. The summed E-state index contributed by atoms with van der Waals surface area (Å²) in [5.41, 5.74) is 2.95. The number of carbonyl (C=O) groups is 1. The van der Waals surface area contributed by atoms with Crippen LogP contribution in [-0.4, -0.2) is 34.0 Å². The molecule has 0 spiro atoms. The topological polar surface area (TPSA) is 68.5 Å². The average molecular weight is 410 g/mol. The Balaban J connectivity index is 1.50. The lowest BCUT2D eigenvalue weighted by molar-refractivity contribution is -0.118. The lowest BCUT2D eigenvalue weighted by atomic mass is 10.1. The highest BCUT2D eigenvalue weighted by Crippen LogP contribution is 2.36. The molecule has 0 N–H and O–H groups in total. The predicted molar refractivity (Wildman–Crippen MR) is 113 cm³/mol. The number of ether oxygens (including phenoxy) is 1. The maximum Gasteiger partial charge on any atom is 0.277 e. The molecule has 6 nitrogen and oxygen atoms in total. The first kappa shape index (κ1) is 19.5. The largest absolute Gasteiger partial charge is 0.493 e. The Morgan fingerprint density at radius 1 is 1.24 bits per heavy atom. The van der Waals surface area contributed by atoms with Crippen LogP contribution < -0.4 is 9.64 Å². The summed E-state index contributed by atoms with van der Waals surface area (Å²) in [7, 11) is 0. The van der Waals surface area contributed by atoms with Gasteiger partial charge in [0.15, 0.2) is 0 Å². The lowest BCUT2D eigenvalue weighted by Crippen LogP contribution is -2.40. The van der Waals surface area contributed by atoms with Crippen LogP contribution in [0.5, 0.6) is 5.75 Å². The van der Waals surface area contributed by atoms with Gasteiger partial charge in [-0.3, -0.25) is 4.79 Å². The number of hydrogen-bond acceptors (Lipinski definition) is 6. The Bertz CT molecular complexity index is 1020. The van der Waals surface area contributed by atoms with Crippen molar-refractivity contribution in [1.29, 1.82) is 0 Å². The van der Waals surface area contributed by atoms with Gasteiger partial charge in [0.1, 0.15) is 5.75 Å². The number of anilines is 1. The molecule has 2 unspecified atom stereocenters. The molecule has 0 saturated heterocycles. The van der Waals surface area contributed by atoms with Gasteiger partial charge in [0.2, 0.25) is 5.91 Å². The zero-order chi connectivity index (χ0) is 20.4. The van der Waals surface area contributed by atoms with Gasteiger partial charge in [-0.1, -0.05) is 42.1 Å². The normalized spacial score (nSPS) is 16.5. The molecule has 29 heavy (non-hydrogen) atoms. The van der Waals surface area contributed by atoms with Gasteiger partial charge in [-0.15, -0.1) is 10.2 Å². The molecule has 0 bridgehead atoms. The number of aromatic nitrogens is 2. The number of carbonyl (C=O) groups excluding carboxylic acids is 1. The van der Waals surface area contributed by atoms with Crippen LogP contribution in [0.15, 0.2) is 58.2 Å². The van der Waals surface area contributed by atoms with Crippen molar-refractivity contribution >= 4 is 23.4 Å². The van der Waals surface area contributed by atoms with E-state index < -0.39 is 0 Å². The van der Waals surface area contributed by atoms with E-state index in [1.165, 1.54) is 17.3 Å². The summed E-state index contributed by atoms with van der Waals surface area (Å²) in [5.74, 6) is 1.12. The summed E-state index contributed by atoms with van der Waals surface area (Å²) in [6.45, 7) is 6.42. The van der Waals surface area contributed by atoms with E-state index in [1.807, 2.05) is 61.2 Å². The molecule has 1 aliphatic heterocycles. The molecule has 1 aliphatic rings. The number of thioether (sulfide) groups is 1. The SMILES string of the molecule is CCOc1ccccc1-c1nnc(SC(C)C(=O)N2c3ccccc3CC2C)o1. The van der Waals surface area contributed by atoms with Crippen LogP contribution in [0.25, 0.3) is 11.5 Å². The van der Waals surface area contributed by atoms with Crippen LogP contribution in [0.2, 0.25) is 0 Å². The Morgan fingerprint density at radius 2 is 2.00 bits per heavy atom. The third-order valence-corrected chi connectivity index (χ3v) is 5.82. The summed E-state index contributed by atoms with van der Waals surface area (Å²) in [6.07, 6.45) is 0.873. The quantitative estimate of drug-likeness (QED) is 0.555. The first-order valence-electron chi connectivity index (χ1n) is 9.71. The van der Waals surface area contributed by atoms with E-state index in [-0.39, 0.29) is 17.2 Å². The minimum atomic E-state index is -0.348. The molecule has 0 fully saturated rings. The van der Waals surface area contributed by atoms with Gasteiger partial charge in [-0.05, 0) is 51.0 Å². The van der Waals surface area contributed by atoms with Crippen LogP contribution in [0.1, 0.15) is 26.3 Å². The van der Waals surface area contributed by atoms with Crippen molar-refractivity contribution in [2.24, 2.45) is 0 Å². The van der Waals surface area contributed by atoms with Gasteiger partial charge >= 0.3 is 0 Å². The highest BCUT2D eigenvalue weighted by atomic mass is 32.2. The molecule has 2 heterocycles. The van der Waals surface area contributed by atoms with Crippen molar-refractivity contribution in [1.82, 2.24) is 10.2 Å². The first-order valence-corrected chi connectivity index (χ1v) is 10.6. The van der Waals surface area contributed by atoms with Gasteiger partial charge in [-0.25, -0.2) is 0 Å². The number of fused-ring (bicyclic) bond motifs is 1. The van der Waals surface area contributed by atoms with Crippen molar-refractivity contribution < 1.29 is 13.9 Å². The van der Waals surface area contributed by atoms with E-state index in [2.05, 4.69) is 23.2 Å². The van der Waals surface area contributed by atoms with E-state index in [9.17, 15) is 4.79 Å². The molecular formula is C22H23N3O3S. The average Bonchev–Trinajstić information content (AvgIpc) is 3.31. The summed E-state index contributed by atoms with van der Waals surface area (Å²) in [4.78, 5) is 15.0. The summed E-state index contributed by atoms with van der Waals surface area (Å²) < 4.78 is 11.5. The number of amides is 1. The zero-order valence-corrected chi connectivity index (χ0v) is 17.5. The van der Waals surface area contributed by atoms with Crippen molar-refractivity contribution in [3.05, 3.63) is 54.1 Å². The second kappa shape index (κ2) is 8.29. The van der Waals surface area contributed by atoms with Crippen molar-refractivity contribution in [3.8, 4) is 17.2 Å². The lowest BCUT2D eigenvalue weighted by Gasteiger charge is -2.25. The maximum atomic E-state index is 13.1. The molecule has 1 amide bonds. The zero-order valence-electron chi connectivity index (χ0n) is 16.7. The Labute approximate surface area is 174 Å². The number of hydrogen-bond donors (Lipinski definition) is 0. The third kappa shape index (κ3) is 3.87. The fourth-order valence-corrected chi connectivity index (χ4v) is 4.32. The number of para-hydroxylation sites is 2. The molecule has 4 rings (SSSR count). The van der Waals surface area contributed by atoms with Crippen LogP contribution in [0.4, 0.5) is 5.69 Å². The predicted octanol–water partition coefficient (Wildman–Crippen LogP) is 4.59. The van der Waals surface area contributed by atoms with Crippen LogP contribution >= 0.6 is 11.8 Å². The minimum Gasteiger partial charge on any atom is -0.493 e. The fraction of sp³-hybridized carbons (Fsp3) is 0.318. The Morgan fingerprint density at radius 3 is 2.83 bits per heavy atom. The summed E-state index contributed by atoms with van der Waals surface area (Å²) in [5, 5.41) is 8.29. The highest BCUT2D eigenvalue weighted by molar-refractivity contribution is 8.00. The highest BCUT2D eigenvalue weighted by Gasteiger charge is 2.34. The minimum absolute atomic E-state index is 0.0434. The van der Waals surface area contributed by atoms with Crippen LogP contribution in [0.3, 0.4) is 0 Å². The molecule has 1 aromatic heterocycles. The van der Waals surface area contributed by atoms with Gasteiger partial charge in [-0.2, -0.15) is 0 Å². The maximum absolute atomic E-state index is 13.1. The molecular weight excluding hydrogens is 386 g/mol. The van der Waals surface area contributed by atoms with Gasteiger partial charge in [0, 0.05) is 11.7 Å². The van der Waals surface area contributed by atoms with E-state index >= 15 is 0 Å². The van der Waals surface area contributed by atoms with E-state index in [0.717, 1.165) is 17.7 Å². The van der Waals surface area contributed by atoms with Crippen molar-refractivity contribution in [2.45, 2.75) is 43.7 Å². The second-order valence-corrected chi connectivity index (χ2v) is 8.24. The molecule has 0 radical (unpaired) electrons. The third-order valence-electron chi connectivity index (χ3n) is 4.89. The van der Waals surface area contributed by atoms with Crippen LogP contribution in [-0.2, 0) is 11.2 Å². The van der Waals surface area contributed by atoms with Gasteiger partial charge in [0.05, 0.1) is 17.4 Å². The van der Waals surface area contributed by atoms with E-state index in [4.69, 9.17) is 9.15 Å². The molecule has 3 aromatic rings. The van der Waals surface area contributed by atoms with E-state index in [0.29, 0.717) is 23.5 Å². The molecule has 7 heteroatoms. The smallest absolute Gasteiger partial charge is 0.277 e.